The lowest BCUT2D eigenvalue weighted by Crippen LogP contribution is -2.72. The molecule has 1 aliphatic heterocycles. The number of carbonyl (C=O) groups excluding carboxylic acids is 1. The van der Waals surface area contributed by atoms with Gasteiger partial charge in [-0.25, -0.2) is 9.78 Å². The Morgan fingerprint density at radius 2 is 2.22 bits per heavy atom. The molecule has 1 aromatic rings. The van der Waals surface area contributed by atoms with Crippen molar-refractivity contribution in [2.24, 2.45) is 11.3 Å². The molecule has 6 nitrogen and oxygen atoms in total. The second-order valence-corrected chi connectivity index (χ2v) is 7.20. The second-order valence-electron chi connectivity index (χ2n) is 7.20. The molecule has 6 heteroatoms. The van der Waals surface area contributed by atoms with Gasteiger partial charge in [0.1, 0.15) is 5.82 Å². The number of pyridine rings is 1. The van der Waals surface area contributed by atoms with Crippen molar-refractivity contribution >= 4 is 17.5 Å². The van der Waals surface area contributed by atoms with Gasteiger partial charge in [-0.2, -0.15) is 0 Å². The molecule has 0 aromatic carbocycles. The van der Waals surface area contributed by atoms with E-state index in [1.54, 1.807) is 6.20 Å². The Morgan fingerprint density at radius 1 is 1.39 bits per heavy atom. The highest BCUT2D eigenvalue weighted by atomic mass is 16.5. The van der Waals surface area contributed by atoms with Crippen LogP contribution in [0.2, 0.25) is 0 Å². The first-order chi connectivity index (χ1) is 11.1. The van der Waals surface area contributed by atoms with Gasteiger partial charge in [0, 0.05) is 38.1 Å². The van der Waals surface area contributed by atoms with E-state index in [1.807, 2.05) is 31.1 Å². The topological polar surface area (TPSA) is 66.5 Å². The summed E-state index contributed by atoms with van der Waals surface area (Å²) in [6, 6.07) is 3.87. The Bertz CT molecular complexity index is 597. The maximum Gasteiger partial charge on any atom is 0.320 e. The SMILES string of the molecule is CN(C)c1ccc(NC(=O)N[C@@H]2[C@@H]3CCO[C@H]3C23CCC3)nc1. The van der Waals surface area contributed by atoms with Gasteiger partial charge in [-0.1, -0.05) is 6.42 Å². The van der Waals surface area contributed by atoms with Gasteiger partial charge in [-0.05, 0) is 31.4 Å². The van der Waals surface area contributed by atoms with Crippen LogP contribution in [0.4, 0.5) is 16.3 Å². The zero-order valence-electron chi connectivity index (χ0n) is 13.7. The number of amides is 2. The lowest BCUT2D eigenvalue weighted by molar-refractivity contribution is -0.171. The minimum atomic E-state index is -0.156. The summed E-state index contributed by atoms with van der Waals surface area (Å²) < 4.78 is 5.89. The first-order valence-electron chi connectivity index (χ1n) is 8.43. The summed E-state index contributed by atoms with van der Waals surface area (Å²) in [5.74, 6) is 1.07. The van der Waals surface area contributed by atoms with Crippen LogP contribution in [0.1, 0.15) is 25.7 Å². The Hall–Kier alpha value is -1.82. The van der Waals surface area contributed by atoms with E-state index in [1.165, 1.54) is 19.3 Å². The maximum absolute atomic E-state index is 12.3. The van der Waals surface area contributed by atoms with E-state index in [-0.39, 0.29) is 17.5 Å². The molecular weight excluding hydrogens is 292 g/mol. The maximum atomic E-state index is 12.3. The molecule has 2 heterocycles. The van der Waals surface area contributed by atoms with E-state index in [2.05, 4.69) is 15.6 Å². The summed E-state index contributed by atoms with van der Waals surface area (Å²) in [7, 11) is 3.93. The van der Waals surface area contributed by atoms with Gasteiger partial charge in [0.05, 0.1) is 18.0 Å². The normalized spacial score (nSPS) is 30.1. The zero-order chi connectivity index (χ0) is 16.0. The third-order valence-electron chi connectivity index (χ3n) is 5.83. The van der Waals surface area contributed by atoms with Crippen LogP contribution in [0.15, 0.2) is 18.3 Å². The number of fused-ring (bicyclic) bond motifs is 2. The molecule has 4 rings (SSSR count). The van der Waals surface area contributed by atoms with Gasteiger partial charge >= 0.3 is 6.03 Å². The van der Waals surface area contributed by atoms with Crippen molar-refractivity contribution in [1.29, 1.82) is 0 Å². The predicted molar refractivity (Wildman–Crippen MR) is 88.6 cm³/mol. The second kappa shape index (κ2) is 5.37. The first-order valence-corrected chi connectivity index (χ1v) is 8.43. The van der Waals surface area contributed by atoms with Gasteiger partial charge in [0.2, 0.25) is 0 Å². The van der Waals surface area contributed by atoms with E-state index in [4.69, 9.17) is 4.74 Å². The number of urea groups is 1. The molecule has 0 radical (unpaired) electrons. The van der Waals surface area contributed by atoms with Crippen LogP contribution in [-0.2, 0) is 4.74 Å². The van der Waals surface area contributed by atoms with Crippen LogP contribution in [0, 0.1) is 11.3 Å². The van der Waals surface area contributed by atoms with Crippen molar-refractivity contribution in [1.82, 2.24) is 10.3 Å². The first kappa shape index (κ1) is 14.8. The molecule has 23 heavy (non-hydrogen) atoms. The number of aromatic nitrogens is 1. The summed E-state index contributed by atoms with van der Waals surface area (Å²) in [5, 5.41) is 6.04. The largest absolute Gasteiger partial charge is 0.377 e. The van der Waals surface area contributed by atoms with Gasteiger partial charge in [-0.3, -0.25) is 5.32 Å². The fraction of sp³-hybridized carbons (Fsp3) is 0.647. The average Bonchev–Trinajstić information content (AvgIpc) is 2.89. The van der Waals surface area contributed by atoms with Gasteiger partial charge < -0.3 is 15.0 Å². The Labute approximate surface area is 136 Å². The molecule has 0 unspecified atom stereocenters. The number of anilines is 2. The lowest BCUT2D eigenvalue weighted by atomic mass is 9.46. The van der Waals surface area contributed by atoms with Crippen molar-refractivity contribution in [3.8, 4) is 0 Å². The molecule has 3 fully saturated rings. The number of nitrogens with one attached hydrogen (secondary N) is 2. The monoisotopic (exact) mass is 316 g/mol. The third kappa shape index (κ3) is 2.27. The molecule has 1 aromatic heterocycles. The molecule has 2 amide bonds. The van der Waals surface area contributed by atoms with Crippen LogP contribution in [0.5, 0.6) is 0 Å². The minimum Gasteiger partial charge on any atom is -0.377 e. The van der Waals surface area contributed by atoms with Crippen LogP contribution < -0.4 is 15.5 Å². The Balaban J connectivity index is 1.38. The fourth-order valence-corrected chi connectivity index (χ4v) is 4.47. The number of hydrogen-bond acceptors (Lipinski definition) is 4. The van der Waals surface area contributed by atoms with E-state index in [0.29, 0.717) is 17.8 Å². The molecular formula is C17H24N4O2. The number of hydrogen-bond donors (Lipinski definition) is 2. The summed E-state index contributed by atoms with van der Waals surface area (Å²) in [6.07, 6.45) is 6.79. The molecule has 3 aliphatic rings. The van der Waals surface area contributed by atoms with Crippen molar-refractivity contribution in [2.45, 2.75) is 37.8 Å². The van der Waals surface area contributed by atoms with E-state index in [0.717, 1.165) is 18.7 Å². The van der Waals surface area contributed by atoms with E-state index < -0.39 is 0 Å². The summed E-state index contributed by atoms with van der Waals surface area (Å²) in [6.45, 7) is 0.838. The number of nitrogens with zero attached hydrogens (tertiary/aromatic N) is 2. The molecule has 2 N–H and O–H groups in total. The summed E-state index contributed by atoms with van der Waals surface area (Å²) in [5.41, 5.74) is 1.22. The van der Waals surface area contributed by atoms with Crippen molar-refractivity contribution in [2.75, 3.05) is 30.9 Å². The molecule has 124 valence electrons. The smallest absolute Gasteiger partial charge is 0.320 e. The third-order valence-corrected chi connectivity index (χ3v) is 5.83. The zero-order valence-corrected chi connectivity index (χ0v) is 13.7. The molecule has 2 aliphatic carbocycles. The van der Waals surface area contributed by atoms with Crippen LogP contribution >= 0.6 is 0 Å². The van der Waals surface area contributed by atoms with Crippen LogP contribution in [0.3, 0.4) is 0 Å². The van der Waals surface area contributed by atoms with Gasteiger partial charge in [0.15, 0.2) is 0 Å². The average molecular weight is 316 g/mol. The summed E-state index contributed by atoms with van der Waals surface area (Å²) >= 11 is 0. The molecule has 2 saturated carbocycles. The Morgan fingerprint density at radius 3 is 2.83 bits per heavy atom. The molecule has 1 spiro atoms. The highest BCUT2D eigenvalue weighted by molar-refractivity contribution is 5.88. The van der Waals surface area contributed by atoms with E-state index >= 15 is 0 Å². The number of rotatable bonds is 3. The van der Waals surface area contributed by atoms with Crippen LogP contribution in [-0.4, -0.2) is 43.9 Å². The fourth-order valence-electron chi connectivity index (χ4n) is 4.47. The number of ether oxygens (including phenoxy) is 1. The van der Waals surface area contributed by atoms with E-state index in [9.17, 15) is 4.79 Å². The molecule has 1 saturated heterocycles. The molecule has 3 atom stereocenters. The van der Waals surface area contributed by atoms with Crippen molar-refractivity contribution in [3.63, 3.8) is 0 Å². The molecule has 0 bridgehead atoms. The Kier molecular flexibility index (Phi) is 3.44. The lowest BCUT2D eigenvalue weighted by Gasteiger charge is -2.63. The number of carbonyl (C=O) groups is 1. The predicted octanol–water partition coefficient (Wildman–Crippen LogP) is 2.23. The highest BCUT2D eigenvalue weighted by Crippen LogP contribution is 2.62. The summed E-state index contributed by atoms with van der Waals surface area (Å²) in [4.78, 5) is 18.6. The highest BCUT2D eigenvalue weighted by Gasteiger charge is 2.66. The van der Waals surface area contributed by atoms with Crippen LogP contribution in [0.25, 0.3) is 0 Å². The van der Waals surface area contributed by atoms with Gasteiger partial charge in [-0.15, -0.1) is 0 Å². The minimum absolute atomic E-state index is 0.156. The quantitative estimate of drug-likeness (QED) is 0.897. The van der Waals surface area contributed by atoms with Crippen molar-refractivity contribution in [3.05, 3.63) is 18.3 Å². The van der Waals surface area contributed by atoms with Gasteiger partial charge in [0.25, 0.3) is 0 Å². The standard InChI is InChI=1S/C17H24N4O2/c1-21(2)11-4-5-13(18-10-11)19-16(22)20-14-12-6-9-23-15(12)17(14)7-3-8-17/h4-5,10,12,14-15H,3,6-9H2,1-2H3,(H2,18,19,20,22)/t12-,14+,15+/m0/s1. The van der Waals surface area contributed by atoms with Crippen molar-refractivity contribution < 1.29 is 9.53 Å².